The fraction of sp³-hybridized carbons (Fsp3) is 0.562. The van der Waals surface area contributed by atoms with E-state index in [1.54, 1.807) is 7.05 Å². The molecule has 1 atom stereocenters. The van der Waals surface area contributed by atoms with Gasteiger partial charge in [-0.2, -0.15) is 13.2 Å². The second-order valence-electron chi connectivity index (χ2n) is 5.44. The minimum absolute atomic E-state index is 0. The number of carbonyl (C=O) groups excluding carboxylic acids is 1. The Labute approximate surface area is 151 Å². The van der Waals surface area contributed by atoms with E-state index in [1.165, 1.54) is 30.1 Å². The van der Waals surface area contributed by atoms with Crippen LogP contribution in [0.25, 0.3) is 0 Å². The van der Waals surface area contributed by atoms with Crippen molar-refractivity contribution in [3.8, 4) is 5.75 Å². The molecular weight excluding hydrogens is 361 g/mol. The van der Waals surface area contributed by atoms with E-state index in [0.717, 1.165) is 6.07 Å². The molecule has 0 saturated carbocycles. The maximum absolute atomic E-state index is 12.8. The summed E-state index contributed by atoms with van der Waals surface area (Å²) in [5.74, 6) is -0.480. The standard InChI is InChI=1S/C16H23F3N2O3.ClH/c1-20-9-5-8-15(23)21(2)10-12(22)11-24-14-7-4-3-6-13(14)16(17,18)19;/h3-4,6-7,12,20,22H,5,8-11H2,1-2H3;1H. The lowest BCUT2D eigenvalue weighted by Crippen LogP contribution is -2.37. The highest BCUT2D eigenvalue weighted by molar-refractivity contribution is 5.85. The van der Waals surface area contributed by atoms with Gasteiger partial charge in [0, 0.05) is 20.0 Å². The Morgan fingerprint density at radius 1 is 1.36 bits per heavy atom. The highest BCUT2D eigenvalue weighted by Gasteiger charge is 2.34. The number of halogens is 4. The van der Waals surface area contributed by atoms with Crippen LogP contribution in [0.3, 0.4) is 0 Å². The third kappa shape index (κ3) is 8.42. The van der Waals surface area contributed by atoms with Crippen molar-refractivity contribution in [2.45, 2.75) is 25.1 Å². The van der Waals surface area contributed by atoms with E-state index in [9.17, 15) is 23.1 Å². The van der Waals surface area contributed by atoms with Crippen molar-refractivity contribution in [3.63, 3.8) is 0 Å². The molecule has 0 spiro atoms. The van der Waals surface area contributed by atoms with E-state index < -0.39 is 17.8 Å². The molecule has 25 heavy (non-hydrogen) atoms. The van der Waals surface area contributed by atoms with Gasteiger partial charge in [0.25, 0.3) is 0 Å². The van der Waals surface area contributed by atoms with Crippen LogP contribution in [0.15, 0.2) is 24.3 Å². The SMILES string of the molecule is CNCCCC(=O)N(C)CC(O)COc1ccccc1C(F)(F)F.Cl. The van der Waals surface area contributed by atoms with Crippen molar-refractivity contribution in [1.82, 2.24) is 10.2 Å². The largest absolute Gasteiger partial charge is 0.490 e. The molecule has 0 aromatic heterocycles. The molecule has 2 N–H and O–H groups in total. The number of likely N-dealkylation sites (N-methyl/N-ethyl adjacent to an activating group) is 1. The molecule has 0 aliphatic carbocycles. The summed E-state index contributed by atoms with van der Waals surface area (Å²) < 4.78 is 43.6. The van der Waals surface area contributed by atoms with Gasteiger partial charge in [0.15, 0.2) is 0 Å². The van der Waals surface area contributed by atoms with Crippen molar-refractivity contribution in [3.05, 3.63) is 29.8 Å². The van der Waals surface area contributed by atoms with Crippen LogP contribution in [0, 0.1) is 0 Å². The third-order valence-electron chi connectivity index (χ3n) is 3.35. The molecule has 0 radical (unpaired) electrons. The molecule has 0 fully saturated rings. The molecule has 1 rings (SSSR count). The van der Waals surface area contributed by atoms with Gasteiger partial charge in [-0.1, -0.05) is 12.1 Å². The molecule has 1 aromatic carbocycles. The number of carbonyl (C=O) groups is 1. The highest BCUT2D eigenvalue weighted by Crippen LogP contribution is 2.35. The summed E-state index contributed by atoms with van der Waals surface area (Å²) in [7, 11) is 3.32. The van der Waals surface area contributed by atoms with E-state index in [0.29, 0.717) is 19.4 Å². The van der Waals surface area contributed by atoms with Gasteiger partial charge >= 0.3 is 6.18 Å². The normalized spacial score (nSPS) is 12.2. The molecule has 0 aliphatic rings. The number of para-hydroxylation sites is 1. The summed E-state index contributed by atoms with van der Waals surface area (Å²) in [6, 6.07) is 4.80. The van der Waals surface area contributed by atoms with Crippen LogP contribution in [0.2, 0.25) is 0 Å². The van der Waals surface area contributed by atoms with Crippen molar-refractivity contribution in [2.75, 3.05) is 33.8 Å². The quantitative estimate of drug-likeness (QED) is 0.641. The number of benzene rings is 1. The Balaban J connectivity index is 0.00000576. The van der Waals surface area contributed by atoms with Crippen LogP contribution >= 0.6 is 12.4 Å². The van der Waals surface area contributed by atoms with E-state index in [1.807, 2.05) is 0 Å². The monoisotopic (exact) mass is 384 g/mol. The van der Waals surface area contributed by atoms with E-state index in [-0.39, 0.29) is 37.2 Å². The van der Waals surface area contributed by atoms with Crippen LogP contribution in [0.1, 0.15) is 18.4 Å². The lowest BCUT2D eigenvalue weighted by Gasteiger charge is -2.22. The fourth-order valence-corrected chi connectivity index (χ4v) is 2.09. The fourth-order valence-electron chi connectivity index (χ4n) is 2.09. The summed E-state index contributed by atoms with van der Waals surface area (Å²) >= 11 is 0. The maximum atomic E-state index is 12.8. The number of rotatable bonds is 9. The number of amides is 1. The second kappa shape index (κ2) is 11.2. The molecule has 9 heteroatoms. The maximum Gasteiger partial charge on any atom is 0.419 e. The highest BCUT2D eigenvalue weighted by atomic mass is 35.5. The molecule has 1 unspecified atom stereocenters. The van der Waals surface area contributed by atoms with E-state index in [2.05, 4.69) is 5.32 Å². The number of nitrogens with zero attached hydrogens (tertiary/aromatic N) is 1. The third-order valence-corrected chi connectivity index (χ3v) is 3.35. The number of aliphatic hydroxyl groups is 1. The van der Waals surface area contributed by atoms with E-state index in [4.69, 9.17) is 4.74 Å². The lowest BCUT2D eigenvalue weighted by molar-refractivity contribution is -0.139. The van der Waals surface area contributed by atoms with Gasteiger partial charge in [-0.3, -0.25) is 4.79 Å². The van der Waals surface area contributed by atoms with Crippen LogP contribution in [-0.4, -0.2) is 55.8 Å². The second-order valence-corrected chi connectivity index (χ2v) is 5.44. The first-order valence-electron chi connectivity index (χ1n) is 7.61. The molecule has 1 aromatic rings. The van der Waals surface area contributed by atoms with Gasteiger partial charge in [0.2, 0.25) is 5.91 Å². The Morgan fingerprint density at radius 2 is 2.00 bits per heavy atom. The Morgan fingerprint density at radius 3 is 2.60 bits per heavy atom. The average molecular weight is 385 g/mol. The molecule has 0 saturated heterocycles. The number of alkyl halides is 3. The van der Waals surface area contributed by atoms with Crippen LogP contribution in [0.4, 0.5) is 13.2 Å². The first-order valence-corrected chi connectivity index (χ1v) is 7.61. The van der Waals surface area contributed by atoms with E-state index >= 15 is 0 Å². The Hall–Kier alpha value is -1.51. The molecule has 144 valence electrons. The summed E-state index contributed by atoms with van der Waals surface area (Å²) in [6.45, 7) is 0.368. The molecule has 0 heterocycles. The smallest absolute Gasteiger partial charge is 0.419 e. The van der Waals surface area contributed by atoms with Crippen LogP contribution in [-0.2, 0) is 11.0 Å². The summed E-state index contributed by atoms with van der Waals surface area (Å²) in [6.07, 6.45) is -4.60. The first kappa shape index (κ1) is 23.5. The zero-order chi connectivity index (χ0) is 18.2. The number of hydrogen-bond acceptors (Lipinski definition) is 4. The summed E-state index contributed by atoms with van der Waals surface area (Å²) in [5.41, 5.74) is -0.895. The minimum Gasteiger partial charge on any atom is -0.490 e. The van der Waals surface area contributed by atoms with Crippen LogP contribution < -0.4 is 10.1 Å². The summed E-state index contributed by atoms with van der Waals surface area (Å²) in [4.78, 5) is 13.2. The number of ether oxygens (including phenoxy) is 1. The topological polar surface area (TPSA) is 61.8 Å². The summed E-state index contributed by atoms with van der Waals surface area (Å²) in [5, 5.41) is 12.8. The lowest BCUT2D eigenvalue weighted by atomic mass is 10.2. The molecule has 0 bridgehead atoms. The predicted molar refractivity (Wildman–Crippen MR) is 91.0 cm³/mol. The molecule has 1 amide bonds. The van der Waals surface area contributed by atoms with Gasteiger partial charge in [0.05, 0.1) is 5.56 Å². The van der Waals surface area contributed by atoms with Crippen molar-refractivity contribution in [2.24, 2.45) is 0 Å². The number of hydrogen-bond donors (Lipinski definition) is 2. The predicted octanol–water partition coefficient (Wildman–Crippen LogP) is 2.32. The van der Waals surface area contributed by atoms with Crippen LogP contribution in [0.5, 0.6) is 5.75 Å². The Kier molecular flexibility index (Phi) is 10.5. The average Bonchev–Trinajstić information content (AvgIpc) is 2.52. The zero-order valence-corrected chi connectivity index (χ0v) is 15.0. The first-order chi connectivity index (χ1) is 11.3. The molecule has 0 aliphatic heterocycles. The van der Waals surface area contributed by atoms with Crippen molar-refractivity contribution in [1.29, 1.82) is 0 Å². The van der Waals surface area contributed by atoms with Gasteiger partial charge < -0.3 is 20.1 Å². The molecule has 5 nitrogen and oxygen atoms in total. The zero-order valence-electron chi connectivity index (χ0n) is 14.2. The van der Waals surface area contributed by atoms with Gasteiger partial charge in [-0.05, 0) is 32.1 Å². The number of nitrogens with one attached hydrogen (secondary N) is 1. The number of aliphatic hydroxyl groups excluding tert-OH is 1. The Bertz CT molecular complexity index is 530. The van der Waals surface area contributed by atoms with Gasteiger partial charge in [0.1, 0.15) is 18.5 Å². The van der Waals surface area contributed by atoms with Gasteiger partial charge in [-0.25, -0.2) is 0 Å². The molecular formula is C16H24ClF3N2O3. The van der Waals surface area contributed by atoms with Crippen molar-refractivity contribution >= 4 is 18.3 Å². The van der Waals surface area contributed by atoms with Crippen molar-refractivity contribution < 1.29 is 27.8 Å². The van der Waals surface area contributed by atoms with Gasteiger partial charge in [-0.15, -0.1) is 12.4 Å². The minimum atomic E-state index is -4.53.